The molecule has 1 aromatic carbocycles. The predicted molar refractivity (Wildman–Crippen MR) is 77.3 cm³/mol. The van der Waals surface area contributed by atoms with E-state index in [2.05, 4.69) is 10.3 Å². The maximum absolute atomic E-state index is 12.0. The Morgan fingerprint density at radius 2 is 1.90 bits per heavy atom. The number of nitrogens with zero attached hydrogens (tertiary/aromatic N) is 1. The molecule has 0 bridgehead atoms. The maximum Gasteiger partial charge on any atom is 0.335 e. The number of phenols is 1. The fraction of sp³-hybridized carbons (Fsp3) is 0. The Hall–Kier alpha value is -2.31. The summed E-state index contributed by atoms with van der Waals surface area (Å²) in [7, 11) is 0. The van der Waals surface area contributed by atoms with E-state index in [4.69, 9.17) is 28.3 Å². The van der Waals surface area contributed by atoms with E-state index in [0.29, 0.717) is 0 Å². The summed E-state index contributed by atoms with van der Waals surface area (Å²) in [4.78, 5) is 26.5. The smallest absolute Gasteiger partial charge is 0.335 e. The summed E-state index contributed by atoms with van der Waals surface area (Å²) in [6.07, 6.45) is 1.23. The van der Waals surface area contributed by atoms with Crippen molar-refractivity contribution in [3.8, 4) is 5.75 Å². The molecule has 0 unspecified atom stereocenters. The highest BCUT2D eigenvalue weighted by atomic mass is 35.5. The average Bonchev–Trinajstić information content (AvgIpc) is 2.43. The molecule has 6 nitrogen and oxygen atoms in total. The van der Waals surface area contributed by atoms with Crippen LogP contribution in [-0.4, -0.2) is 27.1 Å². The number of amides is 1. The fourth-order valence-electron chi connectivity index (χ4n) is 1.55. The van der Waals surface area contributed by atoms with Gasteiger partial charge in [-0.3, -0.25) is 4.79 Å². The maximum atomic E-state index is 12.0. The summed E-state index contributed by atoms with van der Waals surface area (Å²) in [5, 5.41) is 21.1. The lowest BCUT2D eigenvalue weighted by atomic mass is 10.1. The lowest BCUT2D eigenvalue weighted by Crippen LogP contribution is -2.13. The van der Waals surface area contributed by atoms with Crippen LogP contribution in [0.15, 0.2) is 30.5 Å². The number of nitrogens with one attached hydrogen (secondary N) is 1. The van der Waals surface area contributed by atoms with E-state index in [9.17, 15) is 14.7 Å². The second kappa shape index (κ2) is 5.99. The molecule has 21 heavy (non-hydrogen) atoms. The summed E-state index contributed by atoms with van der Waals surface area (Å²) in [5.74, 6) is -2.17. The Labute approximate surface area is 129 Å². The van der Waals surface area contributed by atoms with Gasteiger partial charge in [0.05, 0.1) is 21.8 Å². The van der Waals surface area contributed by atoms with Gasteiger partial charge in [-0.1, -0.05) is 23.2 Å². The number of carboxylic acid groups (broad SMARTS) is 1. The van der Waals surface area contributed by atoms with Gasteiger partial charge in [0.1, 0.15) is 10.9 Å². The Balaban J connectivity index is 2.27. The van der Waals surface area contributed by atoms with Crippen molar-refractivity contribution in [3.63, 3.8) is 0 Å². The molecular weight excluding hydrogens is 319 g/mol. The van der Waals surface area contributed by atoms with Gasteiger partial charge in [-0.2, -0.15) is 0 Å². The standard InChI is InChI=1S/C13H8Cl2N2O4/c14-8-5-16-11(15)4-7(8)12(19)17-9-2-1-6(13(20)21)3-10(9)18/h1-5,18H,(H,17,19)(H,20,21). The van der Waals surface area contributed by atoms with Crippen LogP contribution in [0, 0.1) is 0 Å². The zero-order valence-corrected chi connectivity index (χ0v) is 11.8. The number of hydrogen-bond acceptors (Lipinski definition) is 4. The fourth-order valence-corrected chi connectivity index (χ4v) is 1.89. The van der Waals surface area contributed by atoms with Gasteiger partial charge in [-0.15, -0.1) is 0 Å². The largest absolute Gasteiger partial charge is 0.506 e. The average molecular weight is 327 g/mol. The molecule has 2 aromatic rings. The van der Waals surface area contributed by atoms with Crippen LogP contribution in [0.1, 0.15) is 20.7 Å². The number of carbonyl (C=O) groups is 2. The number of benzene rings is 1. The van der Waals surface area contributed by atoms with Gasteiger partial charge in [0, 0.05) is 6.20 Å². The number of aromatic carboxylic acids is 1. The van der Waals surface area contributed by atoms with Gasteiger partial charge >= 0.3 is 5.97 Å². The molecule has 3 N–H and O–H groups in total. The second-order valence-corrected chi connectivity index (χ2v) is 4.77. The molecule has 0 aliphatic heterocycles. The van der Waals surface area contributed by atoms with Crippen molar-refractivity contribution < 1.29 is 19.8 Å². The highest BCUT2D eigenvalue weighted by Gasteiger charge is 2.15. The van der Waals surface area contributed by atoms with E-state index in [1.165, 1.54) is 24.4 Å². The number of aromatic hydroxyl groups is 1. The minimum Gasteiger partial charge on any atom is -0.506 e. The van der Waals surface area contributed by atoms with Crippen LogP contribution in [0.3, 0.4) is 0 Å². The van der Waals surface area contributed by atoms with Gasteiger partial charge in [0.15, 0.2) is 0 Å². The molecule has 0 saturated carbocycles. The second-order valence-electron chi connectivity index (χ2n) is 3.98. The normalized spacial score (nSPS) is 10.2. The third kappa shape index (κ3) is 3.42. The van der Waals surface area contributed by atoms with Gasteiger partial charge < -0.3 is 15.5 Å². The predicted octanol–water partition coefficient (Wildman–Crippen LogP) is 3.04. The summed E-state index contributed by atoms with van der Waals surface area (Å²) >= 11 is 11.5. The molecule has 0 aliphatic rings. The molecule has 108 valence electrons. The summed E-state index contributed by atoms with van der Waals surface area (Å²) in [6.45, 7) is 0. The van der Waals surface area contributed by atoms with E-state index in [1.807, 2.05) is 0 Å². The number of carbonyl (C=O) groups excluding carboxylic acids is 1. The van der Waals surface area contributed by atoms with Crippen LogP contribution in [0.5, 0.6) is 5.75 Å². The lowest BCUT2D eigenvalue weighted by molar-refractivity contribution is 0.0696. The zero-order chi connectivity index (χ0) is 15.6. The zero-order valence-electron chi connectivity index (χ0n) is 10.3. The van der Waals surface area contributed by atoms with E-state index < -0.39 is 11.9 Å². The first kappa shape index (κ1) is 15.1. The van der Waals surface area contributed by atoms with Crippen LogP contribution in [0.25, 0.3) is 0 Å². The van der Waals surface area contributed by atoms with Crippen molar-refractivity contribution in [3.05, 3.63) is 51.8 Å². The number of anilines is 1. The van der Waals surface area contributed by atoms with Crippen molar-refractivity contribution in [2.45, 2.75) is 0 Å². The van der Waals surface area contributed by atoms with Crippen LogP contribution in [-0.2, 0) is 0 Å². The minimum atomic E-state index is -1.19. The van der Waals surface area contributed by atoms with Crippen molar-refractivity contribution in [1.82, 2.24) is 4.98 Å². The highest BCUT2D eigenvalue weighted by molar-refractivity contribution is 6.35. The third-order valence-corrected chi connectivity index (χ3v) is 3.07. The monoisotopic (exact) mass is 326 g/mol. The molecule has 8 heteroatoms. The molecule has 0 fully saturated rings. The quantitative estimate of drug-likeness (QED) is 0.594. The van der Waals surface area contributed by atoms with Crippen LogP contribution in [0.2, 0.25) is 10.2 Å². The minimum absolute atomic E-state index is 0.0500. The summed E-state index contributed by atoms with van der Waals surface area (Å²) in [6, 6.07) is 4.83. The van der Waals surface area contributed by atoms with Crippen LogP contribution in [0.4, 0.5) is 5.69 Å². The number of rotatable bonds is 3. The molecule has 0 spiro atoms. The molecular formula is C13H8Cl2N2O4. The Kier molecular flexibility index (Phi) is 4.30. The summed E-state index contributed by atoms with van der Waals surface area (Å²) < 4.78 is 0. The molecule has 1 aromatic heterocycles. The molecule has 2 rings (SSSR count). The van der Waals surface area contributed by atoms with E-state index in [0.717, 1.165) is 6.07 Å². The van der Waals surface area contributed by atoms with Gasteiger partial charge in [-0.05, 0) is 24.3 Å². The summed E-state index contributed by atoms with van der Waals surface area (Å²) in [5.41, 5.74) is 0.0304. The first-order valence-corrected chi connectivity index (χ1v) is 6.33. The molecule has 1 heterocycles. The van der Waals surface area contributed by atoms with E-state index in [-0.39, 0.29) is 32.7 Å². The van der Waals surface area contributed by atoms with Crippen LogP contribution < -0.4 is 5.32 Å². The third-order valence-electron chi connectivity index (χ3n) is 2.56. The number of aromatic nitrogens is 1. The van der Waals surface area contributed by atoms with Gasteiger partial charge in [0.2, 0.25) is 0 Å². The molecule has 0 radical (unpaired) electrons. The van der Waals surface area contributed by atoms with Crippen molar-refractivity contribution in [2.75, 3.05) is 5.32 Å². The topological polar surface area (TPSA) is 99.5 Å². The molecule has 1 amide bonds. The molecule has 0 aliphatic carbocycles. The number of carboxylic acids is 1. The SMILES string of the molecule is O=C(O)c1ccc(NC(=O)c2cc(Cl)ncc2Cl)c(O)c1. The molecule has 0 atom stereocenters. The number of phenolic OH excluding ortho intramolecular Hbond substituents is 1. The first-order valence-electron chi connectivity index (χ1n) is 5.57. The number of hydrogen-bond donors (Lipinski definition) is 3. The lowest BCUT2D eigenvalue weighted by Gasteiger charge is -2.09. The van der Waals surface area contributed by atoms with Crippen molar-refractivity contribution in [1.29, 1.82) is 0 Å². The van der Waals surface area contributed by atoms with Gasteiger partial charge in [0.25, 0.3) is 5.91 Å². The van der Waals surface area contributed by atoms with Crippen molar-refractivity contribution in [2.24, 2.45) is 0 Å². The number of halogens is 2. The van der Waals surface area contributed by atoms with Gasteiger partial charge in [-0.25, -0.2) is 9.78 Å². The van der Waals surface area contributed by atoms with E-state index in [1.54, 1.807) is 0 Å². The highest BCUT2D eigenvalue weighted by Crippen LogP contribution is 2.26. The number of pyridine rings is 1. The Bertz CT molecular complexity index is 734. The van der Waals surface area contributed by atoms with Crippen LogP contribution >= 0.6 is 23.2 Å². The molecule has 0 saturated heterocycles. The van der Waals surface area contributed by atoms with E-state index >= 15 is 0 Å². The Morgan fingerprint density at radius 1 is 1.19 bits per heavy atom. The Morgan fingerprint density at radius 3 is 2.52 bits per heavy atom. The van der Waals surface area contributed by atoms with Crippen molar-refractivity contribution >= 4 is 40.8 Å². The first-order chi connectivity index (χ1) is 9.88.